The zero-order valence-corrected chi connectivity index (χ0v) is 24.9. The smallest absolute Gasteiger partial charge is 0.326 e. The van der Waals surface area contributed by atoms with E-state index in [0.717, 1.165) is 22.0 Å². The number of nitrogens with zero attached hydrogens (tertiary/aromatic N) is 1. The van der Waals surface area contributed by atoms with Gasteiger partial charge >= 0.3 is 5.97 Å². The van der Waals surface area contributed by atoms with Gasteiger partial charge in [0.25, 0.3) is 0 Å². The Morgan fingerprint density at radius 1 is 0.800 bits per heavy atom. The Labute approximate surface area is 260 Å². The molecule has 0 saturated carbocycles. The van der Waals surface area contributed by atoms with Crippen LogP contribution in [0, 0.1) is 0 Å². The summed E-state index contributed by atoms with van der Waals surface area (Å²) >= 11 is 0. The van der Waals surface area contributed by atoms with Crippen LogP contribution in [0.15, 0.2) is 73.3 Å². The van der Waals surface area contributed by atoms with Gasteiger partial charge in [-0.2, -0.15) is 0 Å². The van der Waals surface area contributed by atoms with Crippen LogP contribution in [0.1, 0.15) is 36.1 Å². The number of hydrogen-bond acceptors (Lipinski definition) is 7. The van der Waals surface area contributed by atoms with E-state index in [1.165, 1.54) is 12.5 Å². The molecule has 13 nitrogen and oxygen atoms in total. The highest BCUT2D eigenvalue weighted by atomic mass is 16.4. The fourth-order valence-corrected chi connectivity index (χ4v) is 5.09. The van der Waals surface area contributed by atoms with Gasteiger partial charge in [0.05, 0.1) is 12.4 Å². The van der Waals surface area contributed by atoms with Crippen LogP contribution in [-0.4, -0.2) is 74.5 Å². The molecule has 2 heterocycles. The summed E-state index contributed by atoms with van der Waals surface area (Å²) in [5.41, 5.74) is 15.0. The van der Waals surface area contributed by atoms with Gasteiger partial charge < -0.3 is 42.5 Å². The van der Waals surface area contributed by atoms with Gasteiger partial charge in [0.2, 0.25) is 17.7 Å². The number of carboxylic acids is 1. The molecule has 0 spiro atoms. The number of fused-ring (bicyclic) bond motifs is 1. The number of nitrogens with two attached hydrogens (primary N) is 2. The number of carboxylic acid groups (broad SMARTS) is 1. The Morgan fingerprint density at radius 2 is 1.49 bits per heavy atom. The van der Waals surface area contributed by atoms with Crippen molar-refractivity contribution >= 4 is 34.6 Å². The molecule has 2 aromatic heterocycles. The van der Waals surface area contributed by atoms with E-state index in [2.05, 4.69) is 30.9 Å². The number of unbranched alkanes of at least 4 members (excludes halogenated alkanes) is 1. The summed E-state index contributed by atoms with van der Waals surface area (Å²) in [6, 6.07) is 12.3. The summed E-state index contributed by atoms with van der Waals surface area (Å²) in [5.74, 6) is -3.02. The molecule has 4 aromatic rings. The first-order valence-electron chi connectivity index (χ1n) is 14.9. The highest BCUT2D eigenvalue weighted by Crippen LogP contribution is 2.19. The topological polar surface area (TPSA) is 221 Å². The second-order valence-corrected chi connectivity index (χ2v) is 10.9. The molecule has 0 saturated heterocycles. The molecule has 10 N–H and O–H groups in total. The summed E-state index contributed by atoms with van der Waals surface area (Å²) in [7, 11) is 0. The standard InChI is InChI=1S/C32H40N8O5/c33-13-7-6-12-26(30(42)40-28(32(44)45)14-20-8-2-1-3-9-20)38-31(43)27(16-22-18-35-19-37-22)39-29(41)24(34)15-21-17-36-25-11-5-4-10-23(21)25/h1-5,8-11,17-19,24,26-28,36H,6-7,12-16,33-34H2,(H,35,37)(H,38,43)(H,39,41)(H,40,42)(H,44,45). The molecule has 4 atom stereocenters. The highest BCUT2D eigenvalue weighted by molar-refractivity contribution is 5.94. The van der Waals surface area contributed by atoms with E-state index in [9.17, 15) is 24.3 Å². The van der Waals surface area contributed by atoms with Crippen LogP contribution in [0.2, 0.25) is 0 Å². The van der Waals surface area contributed by atoms with E-state index < -0.39 is 47.9 Å². The van der Waals surface area contributed by atoms with E-state index in [0.29, 0.717) is 25.1 Å². The summed E-state index contributed by atoms with van der Waals surface area (Å²) in [4.78, 5) is 62.4. The summed E-state index contributed by atoms with van der Waals surface area (Å²) in [5, 5.41) is 18.8. The van der Waals surface area contributed by atoms with Crippen molar-refractivity contribution in [3.8, 4) is 0 Å². The Morgan fingerprint density at radius 3 is 2.20 bits per heavy atom. The molecule has 0 radical (unpaired) electrons. The lowest BCUT2D eigenvalue weighted by molar-refractivity contribution is -0.142. The van der Waals surface area contributed by atoms with Crippen LogP contribution in [0.5, 0.6) is 0 Å². The first-order chi connectivity index (χ1) is 21.7. The summed E-state index contributed by atoms with van der Waals surface area (Å²) in [6.45, 7) is 0.390. The van der Waals surface area contributed by atoms with Gasteiger partial charge in [0.15, 0.2) is 0 Å². The van der Waals surface area contributed by atoms with Gasteiger partial charge in [-0.1, -0.05) is 48.5 Å². The number of para-hydroxylation sites is 1. The van der Waals surface area contributed by atoms with E-state index in [1.807, 2.05) is 30.3 Å². The van der Waals surface area contributed by atoms with Crippen molar-refractivity contribution < 1.29 is 24.3 Å². The normalized spacial score (nSPS) is 13.8. The lowest BCUT2D eigenvalue weighted by atomic mass is 10.0. The quantitative estimate of drug-likeness (QED) is 0.0795. The van der Waals surface area contributed by atoms with Gasteiger partial charge in [0.1, 0.15) is 18.1 Å². The van der Waals surface area contributed by atoms with Crippen LogP contribution in [0.4, 0.5) is 0 Å². The Balaban J connectivity index is 1.47. The van der Waals surface area contributed by atoms with E-state index in [4.69, 9.17) is 11.5 Å². The molecule has 13 heteroatoms. The average Bonchev–Trinajstić information content (AvgIpc) is 3.70. The third kappa shape index (κ3) is 9.49. The molecule has 0 aliphatic carbocycles. The number of carbonyl (C=O) groups excluding carboxylic acids is 3. The van der Waals surface area contributed by atoms with Crippen molar-refractivity contribution in [2.24, 2.45) is 11.5 Å². The predicted octanol–water partition coefficient (Wildman–Crippen LogP) is 0.914. The fourth-order valence-electron chi connectivity index (χ4n) is 5.09. The van der Waals surface area contributed by atoms with Gasteiger partial charge in [-0.3, -0.25) is 14.4 Å². The maximum absolute atomic E-state index is 13.7. The first kappa shape index (κ1) is 32.9. The van der Waals surface area contributed by atoms with Crippen LogP contribution in [0.25, 0.3) is 10.9 Å². The van der Waals surface area contributed by atoms with Crippen molar-refractivity contribution in [2.45, 2.75) is 62.7 Å². The second-order valence-electron chi connectivity index (χ2n) is 10.9. The first-order valence-corrected chi connectivity index (χ1v) is 14.9. The van der Waals surface area contributed by atoms with Crippen LogP contribution in [-0.2, 0) is 38.4 Å². The number of H-pyrrole nitrogens is 2. The Hall–Kier alpha value is -5.01. The molecular formula is C32H40N8O5. The number of aromatic amines is 2. The second kappa shape index (κ2) is 16.2. The SMILES string of the molecule is NCCCCC(NC(=O)C(Cc1cnc[nH]1)NC(=O)C(N)Cc1c[nH]c2ccccc12)C(=O)NC(Cc1ccccc1)C(=O)O. The van der Waals surface area contributed by atoms with E-state index in [1.54, 1.807) is 30.5 Å². The maximum atomic E-state index is 13.7. The number of amides is 3. The molecule has 2 aromatic carbocycles. The highest BCUT2D eigenvalue weighted by Gasteiger charge is 2.31. The van der Waals surface area contributed by atoms with Crippen molar-refractivity contribution in [3.63, 3.8) is 0 Å². The molecule has 0 aliphatic heterocycles. The van der Waals surface area contributed by atoms with Crippen LogP contribution < -0.4 is 27.4 Å². The molecular weight excluding hydrogens is 576 g/mol. The minimum absolute atomic E-state index is 0.0558. The number of carbonyl (C=O) groups is 4. The molecule has 4 unspecified atom stereocenters. The number of imidazole rings is 1. The zero-order valence-electron chi connectivity index (χ0n) is 24.9. The largest absolute Gasteiger partial charge is 0.480 e. The maximum Gasteiger partial charge on any atom is 0.326 e. The van der Waals surface area contributed by atoms with E-state index in [-0.39, 0.29) is 25.7 Å². The van der Waals surface area contributed by atoms with Gasteiger partial charge in [-0.05, 0) is 49.4 Å². The van der Waals surface area contributed by atoms with Crippen molar-refractivity contribution in [3.05, 3.63) is 90.1 Å². The fraction of sp³-hybridized carbons (Fsp3) is 0.344. The van der Waals surface area contributed by atoms with E-state index >= 15 is 0 Å². The molecule has 0 aliphatic rings. The molecule has 4 rings (SSSR count). The predicted molar refractivity (Wildman–Crippen MR) is 169 cm³/mol. The molecule has 238 valence electrons. The van der Waals surface area contributed by atoms with Gasteiger partial charge in [-0.15, -0.1) is 0 Å². The third-order valence-electron chi connectivity index (χ3n) is 7.54. The van der Waals surface area contributed by atoms with Crippen molar-refractivity contribution in [1.29, 1.82) is 0 Å². The number of nitrogens with one attached hydrogen (secondary N) is 5. The minimum atomic E-state index is -1.21. The molecule has 3 amide bonds. The van der Waals surface area contributed by atoms with Gasteiger partial charge in [-0.25, -0.2) is 9.78 Å². The molecule has 45 heavy (non-hydrogen) atoms. The number of aliphatic carboxylic acids is 1. The number of aromatic nitrogens is 3. The summed E-state index contributed by atoms with van der Waals surface area (Å²) < 4.78 is 0. The third-order valence-corrected chi connectivity index (χ3v) is 7.54. The number of hydrogen-bond donors (Lipinski definition) is 8. The Bertz CT molecular complexity index is 1560. The number of benzene rings is 2. The van der Waals surface area contributed by atoms with Crippen molar-refractivity contribution in [2.75, 3.05) is 6.54 Å². The molecule has 0 fully saturated rings. The lowest BCUT2D eigenvalue weighted by Gasteiger charge is -2.25. The minimum Gasteiger partial charge on any atom is -0.480 e. The summed E-state index contributed by atoms with van der Waals surface area (Å²) in [6.07, 6.45) is 6.48. The number of rotatable bonds is 17. The molecule has 0 bridgehead atoms. The van der Waals surface area contributed by atoms with Gasteiger partial charge in [0, 0.05) is 41.8 Å². The van der Waals surface area contributed by atoms with Crippen LogP contribution >= 0.6 is 0 Å². The van der Waals surface area contributed by atoms with Crippen molar-refractivity contribution in [1.82, 2.24) is 30.9 Å². The monoisotopic (exact) mass is 616 g/mol. The lowest BCUT2D eigenvalue weighted by Crippen LogP contribution is -2.58. The average molecular weight is 617 g/mol. The zero-order chi connectivity index (χ0) is 32.2. The van der Waals surface area contributed by atoms with Crippen LogP contribution in [0.3, 0.4) is 0 Å². The Kier molecular flexibility index (Phi) is 11.8.